The number of rotatable bonds is 10. The normalized spacial score (nSPS) is 14.3. The Hall–Kier alpha value is -3.35. The molecule has 3 aromatic rings. The maximum absolute atomic E-state index is 12.9. The van der Waals surface area contributed by atoms with Gasteiger partial charge in [0.25, 0.3) is 0 Å². The van der Waals surface area contributed by atoms with E-state index < -0.39 is 5.97 Å². The number of pyridine rings is 1. The third-order valence-electron chi connectivity index (χ3n) is 6.60. The highest BCUT2D eigenvalue weighted by Crippen LogP contribution is 2.27. The van der Waals surface area contributed by atoms with E-state index in [1.807, 2.05) is 28.9 Å². The molecule has 0 aliphatic heterocycles. The lowest BCUT2D eigenvalue weighted by Crippen LogP contribution is -2.13. The summed E-state index contributed by atoms with van der Waals surface area (Å²) in [5.41, 5.74) is 2.66. The molecule has 34 heavy (non-hydrogen) atoms. The van der Waals surface area contributed by atoms with Crippen molar-refractivity contribution in [2.45, 2.75) is 71.3 Å². The van der Waals surface area contributed by atoms with Crippen LogP contribution in [0.15, 0.2) is 42.7 Å². The molecule has 4 rings (SSSR count). The molecule has 0 amide bonds. The summed E-state index contributed by atoms with van der Waals surface area (Å²) < 4.78 is 1.89. The van der Waals surface area contributed by atoms with E-state index in [4.69, 9.17) is 0 Å². The van der Waals surface area contributed by atoms with Crippen molar-refractivity contribution >= 4 is 11.8 Å². The average Bonchev–Trinajstić information content (AvgIpc) is 3.26. The van der Waals surface area contributed by atoms with Crippen molar-refractivity contribution in [3.05, 3.63) is 65.5 Å². The molecule has 1 N–H and O–H groups in total. The van der Waals surface area contributed by atoms with Gasteiger partial charge in [-0.05, 0) is 35.1 Å². The van der Waals surface area contributed by atoms with Crippen LogP contribution in [0.25, 0.3) is 11.1 Å². The van der Waals surface area contributed by atoms with Gasteiger partial charge in [0.05, 0.1) is 5.56 Å². The topological polar surface area (TPSA) is 98.0 Å². The fourth-order valence-electron chi connectivity index (χ4n) is 4.66. The number of carboxylic acid groups (broad SMARTS) is 1. The molecular weight excluding hydrogens is 428 g/mol. The number of nitrogens with zero attached hydrogens (tertiary/aromatic N) is 4. The summed E-state index contributed by atoms with van der Waals surface area (Å²) in [6.45, 7) is 2.88. The summed E-state index contributed by atoms with van der Waals surface area (Å²) in [4.78, 5) is 33.0. The van der Waals surface area contributed by atoms with Crippen molar-refractivity contribution < 1.29 is 14.7 Å². The van der Waals surface area contributed by atoms with Crippen LogP contribution in [0.3, 0.4) is 0 Å². The standard InChI is InChI=1S/C27H32N4O3/c1-2-3-15-31-25(29-26(30-31)24(32)16-19-7-5-4-6-8-19)17-20-9-11-21(12-10-20)22-13-14-28-18-23(22)27(33)34/h9-14,18-19H,2-8,15-17H2,1H3,(H,33,34). The van der Waals surface area contributed by atoms with E-state index in [0.29, 0.717) is 30.1 Å². The zero-order chi connectivity index (χ0) is 23.9. The molecule has 2 aromatic heterocycles. The largest absolute Gasteiger partial charge is 0.478 e. The highest BCUT2D eigenvalue weighted by Gasteiger charge is 2.22. The van der Waals surface area contributed by atoms with Crippen molar-refractivity contribution in [2.75, 3.05) is 0 Å². The third kappa shape index (κ3) is 5.76. The number of carbonyl (C=O) groups excluding carboxylic acids is 1. The predicted molar refractivity (Wildman–Crippen MR) is 130 cm³/mol. The van der Waals surface area contributed by atoms with E-state index in [1.54, 1.807) is 12.3 Å². The number of aryl methyl sites for hydroxylation is 1. The maximum Gasteiger partial charge on any atom is 0.337 e. The van der Waals surface area contributed by atoms with Crippen molar-refractivity contribution in [3.8, 4) is 11.1 Å². The molecule has 1 aromatic carbocycles. The minimum Gasteiger partial charge on any atom is -0.478 e. The summed E-state index contributed by atoms with van der Waals surface area (Å²) in [5, 5.41) is 14.0. The van der Waals surface area contributed by atoms with Crippen LogP contribution in [0.2, 0.25) is 0 Å². The quantitative estimate of drug-likeness (QED) is 0.397. The molecule has 178 valence electrons. The number of hydrogen-bond acceptors (Lipinski definition) is 5. The van der Waals surface area contributed by atoms with Gasteiger partial charge >= 0.3 is 5.97 Å². The number of hydrogen-bond donors (Lipinski definition) is 1. The van der Waals surface area contributed by atoms with Gasteiger partial charge in [-0.25, -0.2) is 14.5 Å². The minimum absolute atomic E-state index is 0.0534. The Morgan fingerprint density at radius 2 is 1.85 bits per heavy atom. The van der Waals surface area contributed by atoms with Gasteiger partial charge in [-0.15, -0.1) is 5.10 Å². The van der Waals surface area contributed by atoms with Crippen LogP contribution < -0.4 is 0 Å². The van der Waals surface area contributed by atoms with Crippen molar-refractivity contribution in [1.29, 1.82) is 0 Å². The Bertz CT molecular complexity index is 1130. The molecule has 0 radical (unpaired) electrons. The fourth-order valence-corrected chi connectivity index (χ4v) is 4.66. The molecule has 0 saturated heterocycles. The van der Waals surface area contributed by atoms with E-state index in [1.165, 1.54) is 25.5 Å². The first-order chi connectivity index (χ1) is 16.5. The zero-order valence-electron chi connectivity index (χ0n) is 19.7. The number of unbranched alkanes of at least 4 members (excludes halogenated alkanes) is 1. The molecule has 0 unspecified atom stereocenters. The van der Waals surface area contributed by atoms with E-state index in [9.17, 15) is 14.7 Å². The van der Waals surface area contributed by atoms with Crippen LogP contribution in [0.5, 0.6) is 0 Å². The summed E-state index contributed by atoms with van der Waals surface area (Å²) in [6.07, 6.45) is 12.0. The van der Waals surface area contributed by atoms with Gasteiger partial charge in [-0.2, -0.15) is 0 Å². The predicted octanol–water partition coefficient (Wildman–Crippen LogP) is 5.58. The SMILES string of the molecule is CCCCn1nc(C(=O)CC2CCCCC2)nc1Cc1ccc(-c2ccncc2C(=O)O)cc1. The van der Waals surface area contributed by atoms with Gasteiger partial charge in [-0.3, -0.25) is 9.78 Å². The molecule has 7 nitrogen and oxygen atoms in total. The van der Waals surface area contributed by atoms with Crippen molar-refractivity contribution in [3.63, 3.8) is 0 Å². The third-order valence-corrected chi connectivity index (χ3v) is 6.60. The molecular formula is C27H32N4O3. The zero-order valence-corrected chi connectivity index (χ0v) is 19.7. The number of benzene rings is 1. The van der Waals surface area contributed by atoms with E-state index in [2.05, 4.69) is 22.0 Å². The van der Waals surface area contributed by atoms with Gasteiger partial charge in [0.1, 0.15) is 5.82 Å². The van der Waals surface area contributed by atoms with Gasteiger partial charge in [0.15, 0.2) is 0 Å². The number of Topliss-reactive ketones (excluding diaryl/α,β-unsaturated/α-hetero) is 1. The van der Waals surface area contributed by atoms with Crippen LogP contribution in [-0.4, -0.2) is 36.6 Å². The molecule has 0 bridgehead atoms. The second kappa shape index (κ2) is 11.2. The first-order valence-electron chi connectivity index (χ1n) is 12.3. The highest BCUT2D eigenvalue weighted by molar-refractivity contribution is 5.95. The van der Waals surface area contributed by atoms with Crippen LogP contribution in [0.1, 0.15) is 90.7 Å². The van der Waals surface area contributed by atoms with Crippen LogP contribution in [0.4, 0.5) is 0 Å². The molecule has 1 fully saturated rings. The Balaban J connectivity index is 1.52. The van der Waals surface area contributed by atoms with E-state index in [0.717, 1.165) is 49.2 Å². The second-order valence-electron chi connectivity index (χ2n) is 9.16. The first kappa shape index (κ1) is 23.8. The Morgan fingerprint density at radius 1 is 1.09 bits per heavy atom. The number of ketones is 1. The molecule has 1 saturated carbocycles. The molecule has 1 aliphatic carbocycles. The first-order valence-corrected chi connectivity index (χ1v) is 12.3. The monoisotopic (exact) mass is 460 g/mol. The van der Waals surface area contributed by atoms with Crippen LogP contribution in [0, 0.1) is 5.92 Å². The van der Waals surface area contributed by atoms with E-state index in [-0.39, 0.29) is 11.3 Å². The summed E-state index contributed by atoms with van der Waals surface area (Å²) >= 11 is 0. The summed E-state index contributed by atoms with van der Waals surface area (Å²) in [7, 11) is 0. The van der Waals surface area contributed by atoms with Crippen LogP contribution in [-0.2, 0) is 13.0 Å². The molecule has 0 spiro atoms. The lowest BCUT2D eigenvalue weighted by atomic mass is 9.86. The number of aromatic nitrogens is 4. The molecule has 1 aliphatic rings. The minimum atomic E-state index is -0.998. The number of carboxylic acids is 1. The summed E-state index contributed by atoms with van der Waals surface area (Å²) in [6, 6.07) is 9.50. The molecule has 2 heterocycles. The maximum atomic E-state index is 12.9. The highest BCUT2D eigenvalue weighted by atomic mass is 16.4. The van der Waals surface area contributed by atoms with Crippen molar-refractivity contribution in [2.24, 2.45) is 5.92 Å². The van der Waals surface area contributed by atoms with Gasteiger partial charge in [0.2, 0.25) is 11.6 Å². The average molecular weight is 461 g/mol. The van der Waals surface area contributed by atoms with Gasteiger partial charge < -0.3 is 5.11 Å². The van der Waals surface area contributed by atoms with Crippen LogP contribution >= 0.6 is 0 Å². The number of carbonyl (C=O) groups is 2. The molecule has 0 atom stereocenters. The van der Waals surface area contributed by atoms with E-state index >= 15 is 0 Å². The van der Waals surface area contributed by atoms with Crippen molar-refractivity contribution in [1.82, 2.24) is 19.7 Å². The second-order valence-corrected chi connectivity index (χ2v) is 9.16. The Morgan fingerprint density at radius 3 is 2.56 bits per heavy atom. The fraction of sp³-hybridized carbons (Fsp3) is 0.444. The smallest absolute Gasteiger partial charge is 0.337 e. The number of aromatic carboxylic acids is 1. The lowest BCUT2D eigenvalue weighted by Gasteiger charge is -2.19. The molecule has 7 heteroatoms. The van der Waals surface area contributed by atoms with Gasteiger partial charge in [-0.1, -0.05) is 69.7 Å². The summed E-state index contributed by atoms with van der Waals surface area (Å²) in [5.74, 6) is 0.655. The Kier molecular flexibility index (Phi) is 7.83. The Labute approximate surface area is 200 Å². The van der Waals surface area contributed by atoms with Gasteiger partial charge in [0, 0.05) is 31.8 Å². The lowest BCUT2D eigenvalue weighted by molar-refractivity contribution is 0.0697.